The van der Waals surface area contributed by atoms with E-state index in [-0.39, 0.29) is 0 Å². The zero-order valence-electron chi connectivity index (χ0n) is 10.8. The lowest BCUT2D eigenvalue weighted by Gasteiger charge is -2.13. The molecule has 0 spiro atoms. The Hall–Kier alpha value is -2.60. The lowest BCUT2D eigenvalue weighted by atomic mass is 9.90. The maximum absolute atomic E-state index is 3.44. The van der Waals surface area contributed by atoms with Crippen molar-refractivity contribution in [2.45, 2.75) is 0 Å². The van der Waals surface area contributed by atoms with Crippen molar-refractivity contribution in [1.29, 1.82) is 0 Å². The Kier molecular flexibility index (Phi) is 1.78. The van der Waals surface area contributed by atoms with Gasteiger partial charge in [0.05, 0.1) is 0 Å². The molecular weight excluding hydrogens is 240 g/mol. The molecule has 0 aliphatic carbocycles. The topological polar surface area (TPSA) is 0 Å². The molecule has 5 aromatic rings. The Labute approximate surface area is 116 Å². The highest BCUT2D eigenvalue weighted by molar-refractivity contribution is 6.32. The minimum absolute atomic E-state index is 1.22. The van der Waals surface area contributed by atoms with Crippen LogP contribution >= 0.6 is 0 Å². The summed E-state index contributed by atoms with van der Waals surface area (Å²) in [5, 5.41) is 10.3. The van der Waals surface area contributed by atoms with Gasteiger partial charge in [-0.25, -0.2) is 0 Å². The van der Waals surface area contributed by atoms with Crippen molar-refractivity contribution in [3.05, 3.63) is 72.8 Å². The SMILES string of the molecule is [c]1cc2cc[c]c3c4cccc5cccc(c(c1)c23)c54. The molecule has 0 nitrogen and oxygen atoms in total. The highest BCUT2D eigenvalue weighted by Gasteiger charge is 2.11. The van der Waals surface area contributed by atoms with Crippen molar-refractivity contribution in [3.63, 3.8) is 0 Å². The quantitative estimate of drug-likeness (QED) is 0.257. The highest BCUT2D eigenvalue weighted by Crippen LogP contribution is 2.39. The van der Waals surface area contributed by atoms with Crippen LogP contribution in [0.15, 0.2) is 60.7 Å². The van der Waals surface area contributed by atoms with Gasteiger partial charge in [-0.1, -0.05) is 48.5 Å². The van der Waals surface area contributed by atoms with E-state index in [4.69, 9.17) is 0 Å². The van der Waals surface area contributed by atoms with E-state index in [9.17, 15) is 0 Å². The lowest BCUT2D eigenvalue weighted by Crippen LogP contribution is -1.86. The first kappa shape index (κ1) is 10.2. The van der Waals surface area contributed by atoms with Gasteiger partial charge < -0.3 is 0 Å². The van der Waals surface area contributed by atoms with Gasteiger partial charge in [-0.2, -0.15) is 0 Å². The first-order valence-electron chi connectivity index (χ1n) is 6.80. The zero-order chi connectivity index (χ0) is 13.1. The predicted molar refractivity (Wildman–Crippen MR) is 85.3 cm³/mol. The van der Waals surface area contributed by atoms with E-state index in [0.717, 1.165) is 0 Å². The maximum Gasteiger partial charge on any atom is -0.00139 e. The summed E-state index contributed by atoms with van der Waals surface area (Å²) < 4.78 is 0. The van der Waals surface area contributed by atoms with E-state index in [1.54, 1.807) is 0 Å². The van der Waals surface area contributed by atoms with Crippen LogP contribution in [0.4, 0.5) is 0 Å². The zero-order valence-corrected chi connectivity index (χ0v) is 10.8. The summed E-state index contributed by atoms with van der Waals surface area (Å²) in [6, 6.07) is 28.1. The molecule has 0 heteroatoms. The van der Waals surface area contributed by atoms with Crippen LogP contribution in [-0.4, -0.2) is 0 Å². The summed E-state index contributed by atoms with van der Waals surface area (Å²) in [5.74, 6) is 0. The summed E-state index contributed by atoms with van der Waals surface area (Å²) in [5.41, 5.74) is 0. The van der Waals surface area contributed by atoms with Gasteiger partial charge in [0.1, 0.15) is 0 Å². The van der Waals surface area contributed by atoms with Crippen LogP contribution in [-0.2, 0) is 0 Å². The van der Waals surface area contributed by atoms with Crippen LogP contribution in [0.25, 0.3) is 43.1 Å². The van der Waals surface area contributed by atoms with Crippen molar-refractivity contribution in [2.75, 3.05) is 0 Å². The molecule has 0 N–H and O–H groups in total. The average molecular weight is 250 g/mol. The van der Waals surface area contributed by atoms with Crippen LogP contribution in [0, 0.1) is 12.1 Å². The van der Waals surface area contributed by atoms with Crippen LogP contribution in [0.2, 0.25) is 0 Å². The largest absolute Gasteiger partial charge is 0.0610 e. The van der Waals surface area contributed by atoms with E-state index in [2.05, 4.69) is 66.7 Å². The first-order chi connectivity index (χ1) is 9.93. The third-order valence-electron chi connectivity index (χ3n) is 4.23. The van der Waals surface area contributed by atoms with Crippen molar-refractivity contribution < 1.29 is 0 Å². The van der Waals surface area contributed by atoms with Gasteiger partial charge in [-0.05, 0) is 67.4 Å². The minimum atomic E-state index is 1.22. The van der Waals surface area contributed by atoms with Gasteiger partial charge in [-0.15, -0.1) is 0 Å². The number of rotatable bonds is 0. The molecule has 0 saturated carbocycles. The fourth-order valence-electron chi connectivity index (χ4n) is 3.41. The molecule has 2 radical (unpaired) electrons. The van der Waals surface area contributed by atoms with Gasteiger partial charge in [0.25, 0.3) is 0 Å². The summed E-state index contributed by atoms with van der Waals surface area (Å²) in [4.78, 5) is 0. The fourth-order valence-corrected chi connectivity index (χ4v) is 3.41. The molecule has 5 aromatic carbocycles. The Morgan fingerprint density at radius 3 is 2.40 bits per heavy atom. The molecule has 5 rings (SSSR count). The monoisotopic (exact) mass is 250 g/mol. The Balaban J connectivity index is 2.32. The third kappa shape index (κ3) is 1.12. The van der Waals surface area contributed by atoms with E-state index in [0.29, 0.717) is 0 Å². The Morgan fingerprint density at radius 1 is 0.650 bits per heavy atom. The lowest BCUT2D eigenvalue weighted by molar-refractivity contribution is 1.77. The molecule has 0 fully saturated rings. The number of fused-ring (bicyclic) bond motifs is 2. The molecule has 0 aliphatic heterocycles. The molecule has 0 saturated heterocycles. The van der Waals surface area contributed by atoms with Crippen LogP contribution in [0.5, 0.6) is 0 Å². The standard InChI is InChI=1S/C20H10/c1-5-13-6-2-11-17-18-12-4-8-14-7-3-10-16(20(14)18)15(9-1)19(13)17/h1-3,5-9,11-12H. The molecule has 0 aliphatic rings. The average Bonchev–Trinajstić information content (AvgIpc) is 2.52. The van der Waals surface area contributed by atoms with Gasteiger partial charge >= 0.3 is 0 Å². The van der Waals surface area contributed by atoms with E-state index in [1.165, 1.54) is 43.1 Å². The van der Waals surface area contributed by atoms with Crippen molar-refractivity contribution in [1.82, 2.24) is 0 Å². The highest BCUT2D eigenvalue weighted by atomic mass is 14.1. The van der Waals surface area contributed by atoms with Crippen molar-refractivity contribution in [2.24, 2.45) is 0 Å². The van der Waals surface area contributed by atoms with E-state index < -0.39 is 0 Å². The smallest absolute Gasteiger partial charge is 0.00139 e. The van der Waals surface area contributed by atoms with Crippen LogP contribution < -0.4 is 0 Å². The normalized spacial score (nSPS) is 12.0. The molecule has 0 unspecified atom stereocenters. The Morgan fingerprint density at radius 2 is 1.50 bits per heavy atom. The molecule has 0 amide bonds. The van der Waals surface area contributed by atoms with E-state index >= 15 is 0 Å². The molecule has 90 valence electrons. The summed E-state index contributed by atoms with van der Waals surface area (Å²) in [6.45, 7) is 0. The second kappa shape index (κ2) is 3.49. The number of benzene rings is 5. The van der Waals surface area contributed by atoms with Crippen molar-refractivity contribution in [3.8, 4) is 0 Å². The molecule has 0 bridgehead atoms. The predicted octanol–water partition coefficient (Wildman–Crippen LogP) is 5.34. The van der Waals surface area contributed by atoms with Crippen molar-refractivity contribution >= 4 is 43.1 Å². The number of hydrogen-bond donors (Lipinski definition) is 0. The fraction of sp³-hybridized carbons (Fsp3) is 0. The molecular formula is C20H10. The number of hydrogen-bond acceptors (Lipinski definition) is 0. The van der Waals surface area contributed by atoms with Gasteiger partial charge in [0.15, 0.2) is 0 Å². The third-order valence-corrected chi connectivity index (χ3v) is 4.23. The maximum atomic E-state index is 3.44. The second-order valence-corrected chi connectivity index (χ2v) is 5.26. The van der Waals surface area contributed by atoms with Gasteiger partial charge in [0, 0.05) is 0 Å². The van der Waals surface area contributed by atoms with Crippen LogP contribution in [0.1, 0.15) is 0 Å². The Bertz CT molecular complexity index is 917. The summed E-state index contributed by atoms with van der Waals surface area (Å²) in [6.07, 6.45) is 0. The molecule has 0 heterocycles. The first-order valence-corrected chi connectivity index (χ1v) is 6.80. The van der Waals surface area contributed by atoms with Gasteiger partial charge in [0.2, 0.25) is 0 Å². The van der Waals surface area contributed by atoms with Crippen LogP contribution in [0.3, 0.4) is 0 Å². The van der Waals surface area contributed by atoms with E-state index in [1.807, 2.05) is 6.07 Å². The second-order valence-electron chi connectivity index (χ2n) is 5.26. The minimum Gasteiger partial charge on any atom is -0.0610 e. The van der Waals surface area contributed by atoms with Gasteiger partial charge in [-0.3, -0.25) is 0 Å². The summed E-state index contributed by atoms with van der Waals surface area (Å²) >= 11 is 0. The molecule has 0 atom stereocenters. The molecule has 0 aromatic heterocycles. The molecule has 20 heavy (non-hydrogen) atoms. The summed E-state index contributed by atoms with van der Waals surface area (Å²) in [7, 11) is 0.